The third kappa shape index (κ3) is 1.92. The van der Waals surface area contributed by atoms with E-state index in [2.05, 4.69) is 27.9 Å². The number of nitrogens with one attached hydrogen (secondary N) is 1. The smallest absolute Gasteiger partial charge is 0.339 e. The molecule has 1 aliphatic carbocycles. The first-order valence-corrected chi connectivity index (χ1v) is 9.37. The van der Waals surface area contributed by atoms with Crippen molar-refractivity contribution < 1.29 is 19.4 Å². The van der Waals surface area contributed by atoms with Crippen LogP contribution in [0.1, 0.15) is 33.1 Å². The van der Waals surface area contributed by atoms with E-state index < -0.39 is 29.1 Å². The molecule has 0 saturated carbocycles. The molecular weight excluding hydrogens is 397 g/mol. The number of allylic oxidation sites excluding steroid dienone is 1. The number of aliphatic hydroxyl groups is 1. The SMILES string of the molecule is C[C@H](CI)[C@H]1C(=O)N[C@@]2([C@@H](O)[C@@H]3C=CCCC3)C(=O)O[C@@]12C. The molecular formula is C16H22INO4. The van der Waals surface area contributed by atoms with Crippen LogP contribution >= 0.6 is 22.6 Å². The molecule has 2 aliphatic heterocycles. The summed E-state index contributed by atoms with van der Waals surface area (Å²) >= 11 is 2.24. The summed E-state index contributed by atoms with van der Waals surface area (Å²) in [7, 11) is 0. The van der Waals surface area contributed by atoms with Gasteiger partial charge >= 0.3 is 5.97 Å². The van der Waals surface area contributed by atoms with Crippen LogP contribution in [0.15, 0.2) is 12.2 Å². The summed E-state index contributed by atoms with van der Waals surface area (Å²) in [6.07, 6.45) is 5.88. The number of halogens is 1. The standard InChI is InChI=1S/C16H22INO4/c1-9(8-17)11-13(20)18-16(14(21)22-15(11,16)2)12(19)10-6-4-3-5-7-10/h4,6,9-12,19H,3,5,7-8H2,1-2H3,(H,18,20)/t9-,10-,11+,12+,15+,16+/m1/s1. The van der Waals surface area contributed by atoms with Crippen molar-refractivity contribution in [1.29, 1.82) is 0 Å². The molecule has 6 heteroatoms. The monoisotopic (exact) mass is 419 g/mol. The highest BCUT2D eigenvalue weighted by molar-refractivity contribution is 14.1. The Morgan fingerprint density at radius 3 is 2.82 bits per heavy atom. The van der Waals surface area contributed by atoms with E-state index in [-0.39, 0.29) is 17.7 Å². The second kappa shape index (κ2) is 5.47. The molecule has 2 N–H and O–H groups in total. The minimum Gasteiger partial charge on any atom is -0.453 e. The summed E-state index contributed by atoms with van der Waals surface area (Å²) in [6.45, 7) is 3.77. The van der Waals surface area contributed by atoms with E-state index in [9.17, 15) is 14.7 Å². The quantitative estimate of drug-likeness (QED) is 0.314. The van der Waals surface area contributed by atoms with Crippen molar-refractivity contribution in [3.8, 4) is 0 Å². The molecule has 22 heavy (non-hydrogen) atoms. The molecule has 6 atom stereocenters. The maximum Gasteiger partial charge on any atom is 0.339 e. The highest BCUT2D eigenvalue weighted by Gasteiger charge is 2.80. The van der Waals surface area contributed by atoms with Gasteiger partial charge in [-0.1, -0.05) is 41.7 Å². The van der Waals surface area contributed by atoms with E-state index in [0.29, 0.717) is 0 Å². The summed E-state index contributed by atoms with van der Waals surface area (Å²) in [6, 6.07) is 0. The predicted molar refractivity (Wildman–Crippen MR) is 89.4 cm³/mol. The van der Waals surface area contributed by atoms with Crippen molar-refractivity contribution in [2.24, 2.45) is 17.8 Å². The summed E-state index contributed by atoms with van der Waals surface area (Å²) in [5.41, 5.74) is -2.25. The Morgan fingerprint density at radius 1 is 1.55 bits per heavy atom. The van der Waals surface area contributed by atoms with E-state index in [1.807, 2.05) is 19.1 Å². The first kappa shape index (κ1) is 16.2. The maximum absolute atomic E-state index is 12.5. The van der Waals surface area contributed by atoms with Crippen molar-refractivity contribution in [1.82, 2.24) is 5.32 Å². The number of amides is 1. The number of ether oxygens (including phenoxy) is 1. The van der Waals surface area contributed by atoms with Crippen LogP contribution < -0.4 is 5.32 Å². The van der Waals surface area contributed by atoms with E-state index in [0.717, 1.165) is 23.7 Å². The number of alkyl halides is 1. The number of fused-ring (bicyclic) bond motifs is 1. The average molecular weight is 419 g/mol. The van der Waals surface area contributed by atoms with Crippen LogP contribution in [-0.4, -0.2) is 38.7 Å². The number of hydrogen-bond donors (Lipinski definition) is 2. The van der Waals surface area contributed by atoms with Crippen LogP contribution in [-0.2, 0) is 14.3 Å². The van der Waals surface area contributed by atoms with Gasteiger partial charge in [0, 0.05) is 10.3 Å². The molecule has 0 aromatic heterocycles. The molecule has 5 nitrogen and oxygen atoms in total. The first-order chi connectivity index (χ1) is 10.4. The largest absolute Gasteiger partial charge is 0.453 e. The molecule has 0 aromatic carbocycles. The summed E-state index contributed by atoms with van der Waals surface area (Å²) < 4.78 is 6.25. The van der Waals surface area contributed by atoms with Gasteiger partial charge in [0.1, 0.15) is 0 Å². The van der Waals surface area contributed by atoms with Crippen molar-refractivity contribution in [3.63, 3.8) is 0 Å². The molecule has 0 spiro atoms. The Labute approximate surface area is 144 Å². The number of hydrogen-bond acceptors (Lipinski definition) is 4. The Bertz CT molecular complexity index is 536. The molecule has 3 rings (SSSR count). The van der Waals surface area contributed by atoms with Gasteiger partial charge in [-0.15, -0.1) is 0 Å². The first-order valence-electron chi connectivity index (χ1n) is 7.84. The Kier molecular flexibility index (Phi) is 4.04. The summed E-state index contributed by atoms with van der Waals surface area (Å²) in [5, 5.41) is 13.7. The van der Waals surface area contributed by atoms with Crippen molar-refractivity contribution in [3.05, 3.63) is 12.2 Å². The average Bonchev–Trinajstić information content (AvgIpc) is 2.70. The second-order valence-electron chi connectivity index (χ2n) is 6.87. The van der Waals surface area contributed by atoms with E-state index in [1.165, 1.54) is 0 Å². The van der Waals surface area contributed by atoms with Crippen LogP contribution in [0.25, 0.3) is 0 Å². The van der Waals surface area contributed by atoms with Crippen LogP contribution in [0.2, 0.25) is 0 Å². The minimum absolute atomic E-state index is 0.0784. The maximum atomic E-state index is 12.5. The third-order valence-corrected chi connectivity index (χ3v) is 6.95. The van der Waals surface area contributed by atoms with Crippen LogP contribution in [0, 0.1) is 17.8 Å². The van der Waals surface area contributed by atoms with Crippen LogP contribution in [0.5, 0.6) is 0 Å². The third-order valence-electron chi connectivity index (χ3n) is 5.56. The van der Waals surface area contributed by atoms with Gasteiger partial charge in [-0.25, -0.2) is 4.79 Å². The van der Waals surface area contributed by atoms with Gasteiger partial charge in [0.05, 0.1) is 12.0 Å². The highest BCUT2D eigenvalue weighted by Crippen LogP contribution is 2.54. The zero-order valence-corrected chi connectivity index (χ0v) is 15.0. The lowest BCUT2D eigenvalue weighted by Crippen LogP contribution is -2.80. The number of carbonyl (C=O) groups is 2. The van der Waals surface area contributed by atoms with E-state index in [1.54, 1.807) is 6.92 Å². The van der Waals surface area contributed by atoms with E-state index >= 15 is 0 Å². The van der Waals surface area contributed by atoms with Crippen molar-refractivity contribution in [2.75, 3.05) is 4.43 Å². The number of aliphatic hydroxyl groups excluding tert-OH is 1. The van der Waals surface area contributed by atoms with Gasteiger partial charge in [0.2, 0.25) is 11.4 Å². The molecule has 122 valence electrons. The van der Waals surface area contributed by atoms with Crippen molar-refractivity contribution in [2.45, 2.75) is 50.4 Å². The Morgan fingerprint density at radius 2 is 2.27 bits per heavy atom. The Balaban J connectivity index is 1.97. The van der Waals surface area contributed by atoms with Crippen molar-refractivity contribution >= 4 is 34.5 Å². The number of carbonyl (C=O) groups excluding carboxylic acids is 2. The molecule has 0 unspecified atom stereocenters. The van der Waals surface area contributed by atoms with Gasteiger partial charge in [-0.2, -0.15) is 0 Å². The molecule has 2 saturated heterocycles. The molecule has 3 aliphatic rings. The molecule has 0 aromatic rings. The minimum atomic E-state index is -1.29. The number of esters is 1. The van der Waals surface area contributed by atoms with Gasteiger partial charge in [0.15, 0.2) is 5.60 Å². The second-order valence-corrected chi connectivity index (χ2v) is 7.75. The van der Waals surface area contributed by atoms with Gasteiger partial charge in [-0.3, -0.25) is 4.79 Å². The van der Waals surface area contributed by atoms with Gasteiger partial charge in [-0.05, 0) is 32.1 Å². The van der Waals surface area contributed by atoms with Gasteiger partial charge < -0.3 is 15.2 Å². The van der Waals surface area contributed by atoms with Crippen LogP contribution in [0.3, 0.4) is 0 Å². The predicted octanol–water partition coefficient (Wildman–Crippen LogP) is 1.57. The van der Waals surface area contributed by atoms with Crippen LogP contribution in [0.4, 0.5) is 0 Å². The zero-order valence-electron chi connectivity index (χ0n) is 12.8. The lowest BCUT2D eigenvalue weighted by molar-refractivity contribution is -0.240. The fourth-order valence-electron chi connectivity index (χ4n) is 4.32. The Hall–Kier alpha value is -0.630. The molecule has 2 heterocycles. The summed E-state index contributed by atoms with van der Waals surface area (Å²) in [5.74, 6) is -1.14. The molecule has 2 fully saturated rings. The molecule has 0 bridgehead atoms. The fourth-order valence-corrected chi connectivity index (χ4v) is 4.83. The normalized spacial score (nSPS) is 42.9. The lowest BCUT2D eigenvalue weighted by Gasteiger charge is -2.55. The molecule has 0 radical (unpaired) electrons. The lowest BCUT2D eigenvalue weighted by atomic mass is 9.63. The van der Waals surface area contributed by atoms with E-state index in [4.69, 9.17) is 4.74 Å². The topological polar surface area (TPSA) is 75.6 Å². The number of rotatable bonds is 4. The molecule has 1 amide bonds. The van der Waals surface area contributed by atoms with Gasteiger partial charge in [0.25, 0.3) is 0 Å². The highest BCUT2D eigenvalue weighted by atomic mass is 127. The summed E-state index contributed by atoms with van der Waals surface area (Å²) in [4.78, 5) is 24.8. The fraction of sp³-hybridized carbons (Fsp3) is 0.750. The zero-order chi connectivity index (χ0) is 16.1.